The van der Waals surface area contributed by atoms with Gasteiger partial charge in [-0.3, -0.25) is 4.79 Å². The quantitative estimate of drug-likeness (QED) is 0.844. The van der Waals surface area contributed by atoms with Gasteiger partial charge in [0, 0.05) is 6.04 Å². The number of furan rings is 1. The molecule has 1 heterocycles. The van der Waals surface area contributed by atoms with E-state index < -0.39 is 5.82 Å². The summed E-state index contributed by atoms with van der Waals surface area (Å²) in [7, 11) is 0. The minimum Gasteiger partial charge on any atom is -0.467 e. The van der Waals surface area contributed by atoms with Gasteiger partial charge in [-0.05, 0) is 37.1 Å². The van der Waals surface area contributed by atoms with Crippen LogP contribution in [0.4, 0.5) is 4.39 Å². The van der Waals surface area contributed by atoms with Gasteiger partial charge in [-0.2, -0.15) is 0 Å². The molecule has 1 fully saturated rings. The summed E-state index contributed by atoms with van der Waals surface area (Å²) < 4.78 is 19.0. The number of halogens is 1. The van der Waals surface area contributed by atoms with E-state index in [4.69, 9.17) is 4.42 Å². The monoisotopic (exact) mass is 259 g/mol. The maximum absolute atomic E-state index is 13.7. The third-order valence-electron chi connectivity index (χ3n) is 3.26. The van der Waals surface area contributed by atoms with Crippen LogP contribution in [0.3, 0.4) is 0 Å². The molecule has 1 amide bonds. The van der Waals surface area contributed by atoms with Gasteiger partial charge in [-0.25, -0.2) is 4.39 Å². The number of rotatable bonds is 4. The van der Waals surface area contributed by atoms with E-state index in [-0.39, 0.29) is 17.5 Å². The van der Waals surface area contributed by atoms with Crippen molar-refractivity contribution in [2.24, 2.45) is 0 Å². The first kappa shape index (κ1) is 12.0. The van der Waals surface area contributed by atoms with Crippen molar-refractivity contribution in [2.45, 2.75) is 25.4 Å². The van der Waals surface area contributed by atoms with Crippen molar-refractivity contribution in [3.8, 4) is 0 Å². The van der Waals surface area contributed by atoms with E-state index in [0.29, 0.717) is 6.54 Å². The van der Waals surface area contributed by atoms with Crippen LogP contribution in [0.15, 0.2) is 47.1 Å². The third-order valence-corrected chi connectivity index (χ3v) is 3.26. The summed E-state index contributed by atoms with van der Waals surface area (Å²) in [5.74, 6) is -0.0221. The fourth-order valence-corrected chi connectivity index (χ4v) is 2.11. The highest BCUT2D eigenvalue weighted by Crippen LogP contribution is 2.30. The van der Waals surface area contributed by atoms with Crippen molar-refractivity contribution >= 4 is 5.91 Å². The molecular formula is C15H14FNO2. The standard InChI is InChI=1S/C15H14FNO2/c16-14-6-2-1-5-13(14)15(18)17(11-7-8-11)10-12-4-3-9-19-12/h1-6,9,11H,7-8,10H2. The molecule has 0 saturated heterocycles. The molecule has 1 aromatic carbocycles. The second-order valence-electron chi connectivity index (χ2n) is 4.72. The molecule has 0 aliphatic heterocycles. The zero-order valence-corrected chi connectivity index (χ0v) is 10.4. The average molecular weight is 259 g/mol. The van der Waals surface area contributed by atoms with E-state index in [0.717, 1.165) is 18.6 Å². The van der Waals surface area contributed by atoms with Crippen molar-refractivity contribution in [3.63, 3.8) is 0 Å². The summed E-state index contributed by atoms with van der Waals surface area (Å²) in [5.41, 5.74) is 0.126. The highest BCUT2D eigenvalue weighted by atomic mass is 19.1. The normalized spacial score (nSPS) is 14.4. The first-order valence-corrected chi connectivity index (χ1v) is 6.33. The number of carbonyl (C=O) groups excluding carboxylic acids is 1. The van der Waals surface area contributed by atoms with Crippen molar-refractivity contribution in [1.29, 1.82) is 0 Å². The molecule has 1 aliphatic rings. The van der Waals surface area contributed by atoms with E-state index in [9.17, 15) is 9.18 Å². The molecule has 1 saturated carbocycles. The topological polar surface area (TPSA) is 33.5 Å². The molecule has 3 nitrogen and oxygen atoms in total. The fraction of sp³-hybridized carbons (Fsp3) is 0.267. The Morgan fingerprint density at radius 1 is 1.26 bits per heavy atom. The maximum atomic E-state index is 13.7. The zero-order valence-electron chi connectivity index (χ0n) is 10.4. The summed E-state index contributed by atoms with van der Waals surface area (Å²) >= 11 is 0. The molecule has 0 atom stereocenters. The maximum Gasteiger partial charge on any atom is 0.257 e. The summed E-state index contributed by atoms with van der Waals surface area (Å²) in [6.45, 7) is 0.394. The van der Waals surface area contributed by atoms with Gasteiger partial charge in [0.15, 0.2) is 0 Å². The summed E-state index contributed by atoms with van der Waals surface area (Å²) in [5, 5.41) is 0. The lowest BCUT2D eigenvalue weighted by atomic mass is 10.2. The van der Waals surface area contributed by atoms with Crippen LogP contribution in [-0.4, -0.2) is 16.8 Å². The summed E-state index contributed by atoms with van der Waals surface area (Å²) in [6.07, 6.45) is 3.52. The lowest BCUT2D eigenvalue weighted by Gasteiger charge is -2.21. The molecule has 2 aromatic rings. The van der Waals surface area contributed by atoms with Gasteiger partial charge in [0.05, 0.1) is 18.4 Å². The molecule has 1 aliphatic carbocycles. The Kier molecular flexibility index (Phi) is 3.07. The first-order chi connectivity index (χ1) is 9.25. The lowest BCUT2D eigenvalue weighted by molar-refractivity contribution is 0.0713. The summed E-state index contributed by atoms with van der Waals surface area (Å²) in [4.78, 5) is 14.1. The second kappa shape index (κ2) is 4.88. The number of hydrogen-bond donors (Lipinski definition) is 0. The van der Waals surface area contributed by atoms with Gasteiger partial charge >= 0.3 is 0 Å². The molecule has 0 radical (unpaired) electrons. The molecule has 0 unspecified atom stereocenters. The van der Waals surface area contributed by atoms with Crippen LogP contribution in [0.5, 0.6) is 0 Å². The van der Waals surface area contributed by atoms with Crippen LogP contribution in [-0.2, 0) is 6.54 Å². The number of benzene rings is 1. The van der Waals surface area contributed by atoms with Crippen LogP contribution in [0.2, 0.25) is 0 Å². The van der Waals surface area contributed by atoms with E-state index in [1.165, 1.54) is 12.1 Å². The molecule has 3 rings (SSSR count). The van der Waals surface area contributed by atoms with Crippen LogP contribution in [0, 0.1) is 5.82 Å². The van der Waals surface area contributed by atoms with Gasteiger partial charge < -0.3 is 9.32 Å². The van der Waals surface area contributed by atoms with E-state index >= 15 is 0 Å². The Balaban J connectivity index is 1.84. The van der Waals surface area contributed by atoms with Gasteiger partial charge in [0.2, 0.25) is 0 Å². The van der Waals surface area contributed by atoms with E-state index in [2.05, 4.69) is 0 Å². The number of amides is 1. The van der Waals surface area contributed by atoms with Crippen LogP contribution in [0.25, 0.3) is 0 Å². The molecule has 0 spiro atoms. The van der Waals surface area contributed by atoms with Gasteiger partial charge in [-0.15, -0.1) is 0 Å². The smallest absolute Gasteiger partial charge is 0.257 e. The largest absolute Gasteiger partial charge is 0.467 e. The second-order valence-corrected chi connectivity index (χ2v) is 4.72. The Bertz CT molecular complexity index is 576. The predicted molar refractivity (Wildman–Crippen MR) is 68.0 cm³/mol. The van der Waals surface area contributed by atoms with Gasteiger partial charge in [0.1, 0.15) is 11.6 Å². The van der Waals surface area contributed by atoms with Crippen molar-refractivity contribution in [1.82, 2.24) is 4.90 Å². The highest BCUT2D eigenvalue weighted by Gasteiger charge is 2.34. The van der Waals surface area contributed by atoms with E-state index in [1.807, 2.05) is 6.07 Å². The molecule has 19 heavy (non-hydrogen) atoms. The minimum absolute atomic E-state index is 0.126. The van der Waals surface area contributed by atoms with Crippen LogP contribution in [0.1, 0.15) is 29.0 Å². The van der Waals surface area contributed by atoms with E-state index in [1.54, 1.807) is 29.4 Å². The van der Waals surface area contributed by atoms with Crippen molar-refractivity contribution in [2.75, 3.05) is 0 Å². The third kappa shape index (κ3) is 2.52. The Morgan fingerprint density at radius 2 is 2.05 bits per heavy atom. The van der Waals surface area contributed by atoms with Crippen molar-refractivity contribution < 1.29 is 13.6 Å². The van der Waals surface area contributed by atoms with Crippen LogP contribution >= 0.6 is 0 Å². The highest BCUT2D eigenvalue weighted by molar-refractivity contribution is 5.94. The fourth-order valence-electron chi connectivity index (χ4n) is 2.11. The van der Waals surface area contributed by atoms with Crippen molar-refractivity contribution in [3.05, 3.63) is 59.8 Å². The molecular weight excluding hydrogens is 245 g/mol. The minimum atomic E-state index is -0.474. The van der Waals surface area contributed by atoms with Gasteiger partial charge in [-0.1, -0.05) is 12.1 Å². The molecule has 0 N–H and O–H groups in total. The molecule has 98 valence electrons. The number of nitrogens with zero attached hydrogens (tertiary/aromatic N) is 1. The average Bonchev–Trinajstić information content (AvgIpc) is 3.13. The molecule has 1 aromatic heterocycles. The summed E-state index contributed by atoms with van der Waals surface area (Å²) in [6, 6.07) is 9.91. The van der Waals surface area contributed by atoms with Crippen LogP contribution < -0.4 is 0 Å². The predicted octanol–water partition coefficient (Wildman–Crippen LogP) is 3.22. The first-order valence-electron chi connectivity index (χ1n) is 6.33. The Hall–Kier alpha value is -2.10. The molecule has 0 bridgehead atoms. The lowest BCUT2D eigenvalue weighted by Crippen LogP contribution is -2.33. The van der Waals surface area contributed by atoms with Gasteiger partial charge in [0.25, 0.3) is 5.91 Å². The Morgan fingerprint density at radius 3 is 2.68 bits per heavy atom. The SMILES string of the molecule is O=C(c1ccccc1F)N(Cc1ccco1)C1CC1. The molecule has 4 heteroatoms. The number of hydrogen-bond acceptors (Lipinski definition) is 2. The Labute approximate surface area is 110 Å². The number of carbonyl (C=O) groups is 1. The zero-order chi connectivity index (χ0) is 13.2.